The number of nitrogens with zero attached hydrogens (tertiary/aromatic N) is 1. The summed E-state index contributed by atoms with van der Waals surface area (Å²) in [6.45, 7) is 1.25. The van der Waals surface area contributed by atoms with Gasteiger partial charge in [-0.3, -0.25) is 4.79 Å². The maximum Gasteiger partial charge on any atom is 0.235 e. The smallest absolute Gasteiger partial charge is 0.235 e. The SMILES string of the molecule is C[C@H](NC(=O)CN(Cc1ccccc1F)S(C)(=O)=O)c1ccccc1. The van der Waals surface area contributed by atoms with Crippen molar-refractivity contribution in [1.82, 2.24) is 9.62 Å². The topological polar surface area (TPSA) is 66.5 Å². The summed E-state index contributed by atoms with van der Waals surface area (Å²) in [7, 11) is -3.67. The van der Waals surface area contributed by atoms with E-state index in [1.807, 2.05) is 37.3 Å². The van der Waals surface area contributed by atoms with Gasteiger partial charge in [0.1, 0.15) is 5.82 Å². The quantitative estimate of drug-likeness (QED) is 0.821. The maximum atomic E-state index is 13.8. The molecule has 0 aliphatic rings. The van der Waals surface area contributed by atoms with E-state index in [1.54, 1.807) is 6.07 Å². The molecule has 1 atom stereocenters. The van der Waals surface area contributed by atoms with Crippen LogP contribution in [-0.2, 0) is 21.4 Å². The Bertz CT molecular complexity index is 825. The van der Waals surface area contributed by atoms with Crippen LogP contribution in [0.15, 0.2) is 54.6 Å². The Morgan fingerprint density at radius 3 is 2.32 bits per heavy atom. The summed E-state index contributed by atoms with van der Waals surface area (Å²) in [6, 6.07) is 15.0. The molecule has 7 heteroatoms. The zero-order valence-corrected chi connectivity index (χ0v) is 15.0. The molecule has 0 aliphatic heterocycles. The predicted octanol–water partition coefficient (Wildman–Crippen LogP) is 2.46. The molecule has 5 nitrogen and oxygen atoms in total. The molecule has 0 fully saturated rings. The number of hydrogen-bond donors (Lipinski definition) is 1. The highest BCUT2D eigenvalue weighted by molar-refractivity contribution is 7.88. The van der Waals surface area contributed by atoms with Crippen LogP contribution in [0, 0.1) is 5.82 Å². The first kappa shape index (κ1) is 19.1. The van der Waals surface area contributed by atoms with E-state index in [-0.39, 0.29) is 24.7 Å². The summed E-state index contributed by atoms with van der Waals surface area (Å²) >= 11 is 0. The molecule has 2 rings (SSSR count). The summed E-state index contributed by atoms with van der Waals surface area (Å²) < 4.78 is 38.7. The zero-order valence-electron chi connectivity index (χ0n) is 14.1. The third-order valence-electron chi connectivity index (χ3n) is 3.77. The molecule has 0 saturated heterocycles. The molecular weight excluding hydrogens is 343 g/mol. The first-order valence-electron chi connectivity index (χ1n) is 7.80. The number of benzene rings is 2. The van der Waals surface area contributed by atoms with Crippen molar-refractivity contribution >= 4 is 15.9 Å². The van der Waals surface area contributed by atoms with E-state index in [0.29, 0.717) is 0 Å². The van der Waals surface area contributed by atoms with Gasteiger partial charge in [0.25, 0.3) is 0 Å². The first-order valence-corrected chi connectivity index (χ1v) is 9.65. The standard InChI is InChI=1S/C18H21FN2O3S/c1-14(15-8-4-3-5-9-15)20-18(22)13-21(25(2,23)24)12-16-10-6-7-11-17(16)19/h3-11,14H,12-13H2,1-2H3,(H,20,22)/t14-/m0/s1. The van der Waals surface area contributed by atoms with Crippen LogP contribution in [0.1, 0.15) is 24.1 Å². The van der Waals surface area contributed by atoms with Crippen molar-refractivity contribution in [3.63, 3.8) is 0 Å². The number of amides is 1. The number of halogens is 1. The summed E-state index contributed by atoms with van der Waals surface area (Å²) in [4.78, 5) is 12.2. The molecule has 0 aliphatic carbocycles. The molecule has 134 valence electrons. The van der Waals surface area contributed by atoms with E-state index >= 15 is 0 Å². The fraction of sp³-hybridized carbons (Fsp3) is 0.278. The lowest BCUT2D eigenvalue weighted by Gasteiger charge is -2.21. The summed E-state index contributed by atoms with van der Waals surface area (Å²) in [5.41, 5.74) is 1.13. The molecule has 1 N–H and O–H groups in total. The molecule has 0 spiro atoms. The van der Waals surface area contributed by atoms with Crippen molar-refractivity contribution < 1.29 is 17.6 Å². The number of nitrogens with one attached hydrogen (secondary N) is 1. The predicted molar refractivity (Wildman–Crippen MR) is 94.7 cm³/mol. The summed E-state index contributed by atoms with van der Waals surface area (Å²) in [6.07, 6.45) is 1.00. The second-order valence-corrected chi connectivity index (χ2v) is 7.80. The van der Waals surface area contributed by atoms with Crippen LogP contribution in [0.4, 0.5) is 4.39 Å². The molecule has 25 heavy (non-hydrogen) atoms. The highest BCUT2D eigenvalue weighted by Gasteiger charge is 2.22. The second kappa shape index (κ2) is 8.22. The normalized spacial score (nSPS) is 12.8. The number of hydrogen-bond acceptors (Lipinski definition) is 3. The minimum atomic E-state index is -3.67. The third-order valence-corrected chi connectivity index (χ3v) is 4.97. The van der Waals surface area contributed by atoms with E-state index < -0.39 is 21.7 Å². The molecule has 0 saturated carbocycles. The van der Waals surface area contributed by atoms with Crippen LogP contribution in [0.5, 0.6) is 0 Å². The van der Waals surface area contributed by atoms with E-state index in [1.165, 1.54) is 18.2 Å². The number of sulfonamides is 1. The second-order valence-electron chi connectivity index (χ2n) is 5.82. The fourth-order valence-corrected chi connectivity index (χ4v) is 3.10. The summed E-state index contributed by atoms with van der Waals surface area (Å²) in [5.74, 6) is -0.952. The molecule has 1 amide bonds. The van der Waals surface area contributed by atoms with Crippen molar-refractivity contribution in [2.75, 3.05) is 12.8 Å². The van der Waals surface area contributed by atoms with Gasteiger partial charge in [-0.05, 0) is 18.6 Å². The minimum absolute atomic E-state index is 0.196. The van der Waals surface area contributed by atoms with Crippen molar-refractivity contribution in [3.05, 3.63) is 71.5 Å². The van der Waals surface area contributed by atoms with E-state index in [2.05, 4.69) is 5.32 Å². The molecule has 0 unspecified atom stereocenters. The average Bonchev–Trinajstić information content (AvgIpc) is 2.56. The van der Waals surface area contributed by atoms with Gasteiger partial charge < -0.3 is 5.32 Å². The van der Waals surface area contributed by atoms with Crippen molar-refractivity contribution in [1.29, 1.82) is 0 Å². The molecule has 0 aromatic heterocycles. The van der Waals surface area contributed by atoms with Gasteiger partial charge in [0.05, 0.1) is 18.8 Å². The molecular formula is C18H21FN2O3S. The lowest BCUT2D eigenvalue weighted by atomic mass is 10.1. The Hall–Kier alpha value is -2.25. The van der Waals surface area contributed by atoms with Gasteiger partial charge >= 0.3 is 0 Å². The minimum Gasteiger partial charge on any atom is -0.348 e. The highest BCUT2D eigenvalue weighted by Crippen LogP contribution is 2.14. The highest BCUT2D eigenvalue weighted by atomic mass is 32.2. The number of carbonyl (C=O) groups excluding carboxylic acids is 1. The van der Waals surface area contributed by atoms with Gasteiger partial charge in [-0.25, -0.2) is 12.8 Å². The van der Waals surface area contributed by atoms with Crippen molar-refractivity contribution in [3.8, 4) is 0 Å². The molecule has 0 radical (unpaired) electrons. The molecule has 0 heterocycles. The van der Waals surface area contributed by atoms with Crippen LogP contribution in [0.25, 0.3) is 0 Å². The third kappa shape index (κ3) is 5.65. The molecule has 0 bridgehead atoms. The summed E-state index contributed by atoms with van der Waals surface area (Å²) in [5, 5.41) is 2.76. The van der Waals surface area contributed by atoms with Gasteiger partial charge in [0, 0.05) is 12.1 Å². The Kier molecular flexibility index (Phi) is 6.27. The Morgan fingerprint density at radius 2 is 1.72 bits per heavy atom. The maximum absolute atomic E-state index is 13.8. The Morgan fingerprint density at radius 1 is 1.12 bits per heavy atom. The van der Waals surface area contributed by atoms with Gasteiger partial charge in [-0.1, -0.05) is 48.5 Å². The van der Waals surface area contributed by atoms with Gasteiger partial charge in [-0.15, -0.1) is 0 Å². The Balaban J connectivity index is 2.07. The number of carbonyl (C=O) groups is 1. The van der Waals surface area contributed by atoms with Gasteiger partial charge in [0.2, 0.25) is 15.9 Å². The van der Waals surface area contributed by atoms with Crippen LogP contribution in [0.2, 0.25) is 0 Å². The van der Waals surface area contributed by atoms with Gasteiger partial charge in [-0.2, -0.15) is 4.31 Å². The monoisotopic (exact) mass is 364 g/mol. The van der Waals surface area contributed by atoms with Crippen molar-refractivity contribution in [2.24, 2.45) is 0 Å². The van der Waals surface area contributed by atoms with Crippen LogP contribution in [-0.4, -0.2) is 31.4 Å². The zero-order chi connectivity index (χ0) is 18.4. The number of rotatable bonds is 7. The lowest BCUT2D eigenvalue weighted by molar-refractivity contribution is -0.122. The van der Waals surface area contributed by atoms with E-state index in [9.17, 15) is 17.6 Å². The average molecular weight is 364 g/mol. The Labute approximate surface area is 147 Å². The molecule has 2 aromatic carbocycles. The van der Waals surface area contributed by atoms with Crippen LogP contribution < -0.4 is 5.32 Å². The van der Waals surface area contributed by atoms with Crippen LogP contribution in [0.3, 0.4) is 0 Å². The van der Waals surface area contributed by atoms with Crippen molar-refractivity contribution in [2.45, 2.75) is 19.5 Å². The fourth-order valence-electron chi connectivity index (χ4n) is 2.38. The largest absolute Gasteiger partial charge is 0.348 e. The van der Waals surface area contributed by atoms with Crippen LogP contribution >= 0.6 is 0 Å². The van der Waals surface area contributed by atoms with E-state index in [4.69, 9.17) is 0 Å². The first-order chi connectivity index (χ1) is 11.8. The van der Waals surface area contributed by atoms with Gasteiger partial charge in [0.15, 0.2) is 0 Å². The van der Waals surface area contributed by atoms with E-state index in [0.717, 1.165) is 16.1 Å². The molecule has 2 aromatic rings. The lowest BCUT2D eigenvalue weighted by Crippen LogP contribution is -2.40.